The number of rotatable bonds is 8. The standard InChI is InChI=1S/C23H19F5INO3/c1-2-13-3-7-15(8-4-13)30-11-16(29)20(23(26,27)28)17(30)12-33-18-9-5-14(6-10-19(31)32)21(24)22(18)25/h3-5,7-9,11H,2,6,10,12H2,1H3,(H,31,32). The van der Waals surface area contributed by atoms with Gasteiger partial charge in [-0.05, 0) is 64.8 Å². The molecule has 1 aromatic heterocycles. The number of carboxylic acids is 1. The number of aliphatic carboxylic acids is 1. The van der Waals surface area contributed by atoms with Crippen LogP contribution in [0.15, 0.2) is 42.6 Å². The highest BCUT2D eigenvalue weighted by atomic mass is 127. The minimum atomic E-state index is -4.69. The number of alkyl halides is 3. The van der Waals surface area contributed by atoms with Gasteiger partial charge in [-0.15, -0.1) is 0 Å². The molecule has 1 heterocycles. The molecule has 0 radical (unpaired) electrons. The van der Waals surface area contributed by atoms with Crippen LogP contribution >= 0.6 is 22.6 Å². The summed E-state index contributed by atoms with van der Waals surface area (Å²) in [4.78, 5) is 10.7. The number of halogens is 6. The Morgan fingerprint density at radius 3 is 2.33 bits per heavy atom. The molecule has 0 spiro atoms. The molecule has 4 nitrogen and oxygen atoms in total. The first kappa shape index (κ1) is 25.0. The zero-order valence-corrected chi connectivity index (χ0v) is 19.5. The number of carboxylic acid groups (broad SMARTS) is 1. The molecule has 0 fully saturated rings. The highest BCUT2D eigenvalue weighted by Crippen LogP contribution is 2.38. The van der Waals surface area contributed by atoms with Crippen LogP contribution in [0.25, 0.3) is 5.69 Å². The third-order valence-electron chi connectivity index (χ3n) is 5.07. The minimum Gasteiger partial charge on any atom is -0.484 e. The highest BCUT2D eigenvalue weighted by Gasteiger charge is 2.38. The topological polar surface area (TPSA) is 51.5 Å². The van der Waals surface area contributed by atoms with Gasteiger partial charge in [-0.25, -0.2) is 4.39 Å². The van der Waals surface area contributed by atoms with Crippen molar-refractivity contribution >= 4 is 28.6 Å². The third-order valence-corrected chi connectivity index (χ3v) is 5.88. The molecule has 0 unspecified atom stereocenters. The summed E-state index contributed by atoms with van der Waals surface area (Å²) in [5, 5.41) is 8.71. The largest absolute Gasteiger partial charge is 0.484 e. The summed E-state index contributed by atoms with van der Waals surface area (Å²) >= 11 is 1.58. The van der Waals surface area contributed by atoms with Crippen molar-refractivity contribution in [2.75, 3.05) is 0 Å². The van der Waals surface area contributed by atoms with Gasteiger partial charge >= 0.3 is 12.1 Å². The van der Waals surface area contributed by atoms with Crippen LogP contribution in [0.4, 0.5) is 22.0 Å². The molecule has 0 atom stereocenters. The normalized spacial score (nSPS) is 11.6. The molecule has 0 aliphatic rings. The summed E-state index contributed by atoms with van der Waals surface area (Å²) in [5.41, 5.74) is 0.143. The number of ether oxygens (including phenoxy) is 1. The van der Waals surface area contributed by atoms with Crippen molar-refractivity contribution in [3.63, 3.8) is 0 Å². The van der Waals surface area contributed by atoms with Gasteiger partial charge < -0.3 is 14.4 Å². The Balaban J connectivity index is 1.96. The van der Waals surface area contributed by atoms with E-state index < -0.39 is 48.1 Å². The lowest BCUT2D eigenvalue weighted by Gasteiger charge is -2.16. The van der Waals surface area contributed by atoms with E-state index in [1.807, 2.05) is 6.92 Å². The summed E-state index contributed by atoms with van der Waals surface area (Å²) in [5.74, 6) is -4.41. The third kappa shape index (κ3) is 5.66. The van der Waals surface area contributed by atoms with Crippen LogP contribution in [0.3, 0.4) is 0 Å². The Labute approximate surface area is 200 Å². The second-order valence-corrected chi connectivity index (χ2v) is 8.38. The molecule has 0 aliphatic carbocycles. The molecule has 3 rings (SSSR count). The summed E-state index contributed by atoms with van der Waals surface area (Å²) in [6, 6.07) is 9.19. The lowest BCUT2D eigenvalue weighted by atomic mass is 10.1. The van der Waals surface area contributed by atoms with E-state index in [2.05, 4.69) is 0 Å². The molecule has 3 aromatic rings. The van der Waals surface area contributed by atoms with E-state index in [4.69, 9.17) is 9.84 Å². The fraction of sp³-hybridized carbons (Fsp3) is 0.261. The first-order valence-electron chi connectivity index (χ1n) is 9.90. The molecule has 176 valence electrons. The van der Waals surface area contributed by atoms with Crippen molar-refractivity contribution in [2.24, 2.45) is 0 Å². The van der Waals surface area contributed by atoms with E-state index >= 15 is 0 Å². The molecule has 0 amide bonds. The first-order chi connectivity index (χ1) is 15.5. The van der Waals surface area contributed by atoms with E-state index in [-0.39, 0.29) is 21.2 Å². The van der Waals surface area contributed by atoms with Crippen molar-refractivity contribution in [1.82, 2.24) is 4.57 Å². The van der Waals surface area contributed by atoms with E-state index in [1.165, 1.54) is 10.8 Å². The Morgan fingerprint density at radius 2 is 1.76 bits per heavy atom. The van der Waals surface area contributed by atoms with Gasteiger partial charge in [-0.2, -0.15) is 17.6 Å². The lowest BCUT2D eigenvalue weighted by molar-refractivity contribution is -0.139. The van der Waals surface area contributed by atoms with Gasteiger partial charge in [0.15, 0.2) is 11.6 Å². The molecule has 2 aromatic carbocycles. The van der Waals surface area contributed by atoms with Crippen LogP contribution in [-0.4, -0.2) is 15.6 Å². The molecule has 0 aliphatic heterocycles. The smallest absolute Gasteiger partial charge is 0.419 e. The number of hydrogen-bond acceptors (Lipinski definition) is 2. The molecule has 1 N–H and O–H groups in total. The average Bonchev–Trinajstić information content (AvgIpc) is 3.10. The van der Waals surface area contributed by atoms with E-state index in [0.717, 1.165) is 24.1 Å². The molecule has 33 heavy (non-hydrogen) atoms. The zero-order chi connectivity index (χ0) is 24.3. The van der Waals surface area contributed by atoms with Crippen LogP contribution in [0, 0.1) is 15.2 Å². The van der Waals surface area contributed by atoms with E-state index in [9.17, 15) is 26.7 Å². The minimum absolute atomic E-state index is 0.0612. The predicted octanol–water partition coefficient (Wildman–Crippen LogP) is 6.54. The van der Waals surface area contributed by atoms with Gasteiger partial charge in [0.25, 0.3) is 0 Å². The van der Waals surface area contributed by atoms with Crippen molar-refractivity contribution < 1.29 is 36.6 Å². The maximum absolute atomic E-state index is 14.5. The summed E-state index contributed by atoms with van der Waals surface area (Å²) in [7, 11) is 0. The van der Waals surface area contributed by atoms with Crippen molar-refractivity contribution in [3.8, 4) is 11.4 Å². The number of hydrogen-bond donors (Lipinski definition) is 1. The molecular formula is C23H19F5INO3. The van der Waals surface area contributed by atoms with Crippen LogP contribution in [0.1, 0.15) is 35.7 Å². The van der Waals surface area contributed by atoms with Gasteiger partial charge in [-0.1, -0.05) is 25.1 Å². The Hall–Kier alpha value is -2.63. The number of benzene rings is 2. The molecule has 0 bridgehead atoms. The Bertz CT molecular complexity index is 1160. The number of aryl methyl sites for hydroxylation is 2. The van der Waals surface area contributed by atoms with Crippen LogP contribution in [-0.2, 0) is 30.4 Å². The molecule has 0 saturated carbocycles. The van der Waals surface area contributed by atoms with E-state index in [1.54, 1.807) is 46.9 Å². The monoisotopic (exact) mass is 579 g/mol. The van der Waals surface area contributed by atoms with E-state index in [0.29, 0.717) is 5.69 Å². The van der Waals surface area contributed by atoms with Gasteiger partial charge in [0, 0.05) is 21.9 Å². The second-order valence-electron chi connectivity index (χ2n) is 7.22. The van der Waals surface area contributed by atoms with Gasteiger partial charge in [0.05, 0.1) is 11.3 Å². The molecule has 0 saturated heterocycles. The second kappa shape index (κ2) is 10.1. The number of aromatic nitrogens is 1. The van der Waals surface area contributed by atoms with Gasteiger partial charge in [0.1, 0.15) is 6.61 Å². The fourth-order valence-corrected chi connectivity index (χ4v) is 4.24. The van der Waals surface area contributed by atoms with Gasteiger partial charge in [0.2, 0.25) is 5.82 Å². The fourth-order valence-electron chi connectivity index (χ4n) is 3.34. The summed E-state index contributed by atoms with van der Waals surface area (Å²) in [6.45, 7) is 1.29. The van der Waals surface area contributed by atoms with Crippen LogP contribution in [0.5, 0.6) is 5.75 Å². The lowest BCUT2D eigenvalue weighted by Crippen LogP contribution is -2.14. The van der Waals surface area contributed by atoms with Crippen molar-refractivity contribution in [1.29, 1.82) is 0 Å². The maximum atomic E-state index is 14.5. The highest BCUT2D eigenvalue weighted by molar-refractivity contribution is 14.1. The Morgan fingerprint density at radius 1 is 1.09 bits per heavy atom. The van der Waals surface area contributed by atoms with Crippen LogP contribution < -0.4 is 4.74 Å². The predicted molar refractivity (Wildman–Crippen MR) is 120 cm³/mol. The number of nitrogens with zero attached hydrogens (tertiary/aromatic N) is 1. The first-order valence-corrected chi connectivity index (χ1v) is 11.0. The zero-order valence-electron chi connectivity index (χ0n) is 17.3. The molecular weight excluding hydrogens is 560 g/mol. The summed E-state index contributed by atoms with van der Waals surface area (Å²) < 4.78 is 76.6. The Kier molecular flexibility index (Phi) is 7.65. The molecule has 10 heteroatoms. The van der Waals surface area contributed by atoms with Crippen molar-refractivity contribution in [3.05, 3.63) is 80.2 Å². The maximum Gasteiger partial charge on any atom is 0.419 e. The average molecular weight is 579 g/mol. The van der Waals surface area contributed by atoms with Crippen LogP contribution in [0.2, 0.25) is 0 Å². The summed E-state index contributed by atoms with van der Waals surface area (Å²) in [6.07, 6.45) is -3.23. The SMILES string of the molecule is CCc1ccc(-n2cc(I)c(C(F)(F)F)c2COc2ccc(CCC(=O)O)c(F)c2F)cc1. The number of carbonyl (C=O) groups is 1. The quantitative estimate of drug-likeness (QED) is 0.244. The van der Waals surface area contributed by atoms with Gasteiger partial charge in [-0.3, -0.25) is 4.79 Å². The van der Waals surface area contributed by atoms with Crippen molar-refractivity contribution in [2.45, 2.75) is 39.0 Å².